The molecule has 1 N–H and O–H groups in total. The summed E-state index contributed by atoms with van der Waals surface area (Å²) in [5.74, 6) is 0.568. The van der Waals surface area contributed by atoms with E-state index in [0.717, 1.165) is 11.1 Å². The van der Waals surface area contributed by atoms with Crippen LogP contribution in [0.15, 0.2) is 66.7 Å². The van der Waals surface area contributed by atoms with Crippen molar-refractivity contribution < 1.29 is 19.1 Å². The molecule has 1 aliphatic rings. The normalized spacial score (nSPS) is 12.0. The van der Waals surface area contributed by atoms with Gasteiger partial charge in [0.15, 0.2) is 11.5 Å². The highest BCUT2D eigenvalue weighted by molar-refractivity contribution is 6.30. The minimum absolute atomic E-state index is 0.0502. The van der Waals surface area contributed by atoms with Crippen molar-refractivity contribution in [3.63, 3.8) is 0 Å². The summed E-state index contributed by atoms with van der Waals surface area (Å²) >= 11 is 5.99. The van der Waals surface area contributed by atoms with Gasteiger partial charge in [0.1, 0.15) is 18.6 Å². The summed E-state index contributed by atoms with van der Waals surface area (Å²) in [6.45, 7) is 0.179. The number of hydrogen-bond acceptors (Lipinski definition) is 6. The molecule has 5 rings (SSSR count). The Bertz CT molecular complexity index is 1360. The lowest BCUT2D eigenvalue weighted by molar-refractivity contribution is -0.136. The Morgan fingerprint density at radius 3 is 2.68 bits per heavy atom. The molecule has 0 radical (unpaired) electrons. The summed E-state index contributed by atoms with van der Waals surface area (Å²) in [4.78, 5) is 27.6. The van der Waals surface area contributed by atoms with E-state index in [1.54, 1.807) is 30.3 Å². The Hall–Kier alpha value is -4.11. The number of nitrogens with one attached hydrogen (secondary N) is 1. The van der Waals surface area contributed by atoms with Crippen molar-refractivity contribution in [3.8, 4) is 11.5 Å². The van der Waals surface area contributed by atoms with Crippen LogP contribution in [0, 0.1) is 0 Å². The van der Waals surface area contributed by atoms with Crippen LogP contribution in [0.2, 0.25) is 5.02 Å². The molecule has 2 amide bonds. The summed E-state index contributed by atoms with van der Waals surface area (Å²) in [5, 5.41) is 11.6. The topological polar surface area (TPSA) is 98.6 Å². The molecule has 0 saturated carbocycles. The van der Waals surface area contributed by atoms with Crippen LogP contribution >= 0.6 is 11.6 Å². The van der Waals surface area contributed by atoms with Gasteiger partial charge >= 0.3 is 0 Å². The van der Waals surface area contributed by atoms with Gasteiger partial charge in [0.05, 0.1) is 5.52 Å². The molecule has 1 aliphatic heterocycles. The monoisotopic (exact) mass is 477 g/mol. The van der Waals surface area contributed by atoms with Gasteiger partial charge in [-0.1, -0.05) is 41.1 Å². The average Bonchev–Trinajstić information content (AvgIpc) is 3.47. The van der Waals surface area contributed by atoms with Crippen LogP contribution in [0.5, 0.6) is 11.5 Å². The molecular weight excluding hydrogens is 458 g/mol. The third-order valence-electron chi connectivity index (χ3n) is 5.34. The number of rotatable bonds is 7. The number of aromatic nitrogens is 3. The lowest BCUT2D eigenvalue weighted by Gasteiger charge is -2.22. The van der Waals surface area contributed by atoms with E-state index in [9.17, 15) is 9.59 Å². The lowest BCUT2D eigenvalue weighted by Crippen LogP contribution is -2.39. The van der Waals surface area contributed by atoms with Crippen molar-refractivity contribution in [3.05, 3.63) is 77.3 Å². The molecule has 4 aromatic rings. The van der Waals surface area contributed by atoms with E-state index in [0.29, 0.717) is 27.7 Å². The third-order valence-corrected chi connectivity index (χ3v) is 5.59. The van der Waals surface area contributed by atoms with Gasteiger partial charge in [0, 0.05) is 23.3 Å². The molecule has 0 bridgehead atoms. The van der Waals surface area contributed by atoms with Crippen LogP contribution in [-0.2, 0) is 22.7 Å². The molecule has 172 valence electrons. The van der Waals surface area contributed by atoms with Crippen LogP contribution in [0.25, 0.3) is 11.0 Å². The number of benzene rings is 3. The molecule has 0 fully saturated rings. The maximum atomic E-state index is 13.3. The van der Waals surface area contributed by atoms with Crippen LogP contribution in [0.3, 0.4) is 0 Å². The molecule has 0 saturated heterocycles. The maximum Gasteiger partial charge on any atom is 0.245 e. The standard InChI is InChI=1S/C24H20ClN5O4/c25-17-7-5-16(6-8-17)12-29(24(32)14-30-20-4-2-1-3-19(20)27-28-30)13-23(31)26-18-9-10-21-22(11-18)34-15-33-21/h1-11H,12-15H2,(H,26,31). The fraction of sp³-hybridized carbons (Fsp3) is 0.167. The van der Waals surface area contributed by atoms with Gasteiger partial charge in [-0.3, -0.25) is 9.59 Å². The number of halogens is 1. The fourth-order valence-electron chi connectivity index (χ4n) is 3.65. The van der Waals surface area contributed by atoms with Crippen LogP contribution in [0.4, 0.5) is 5.69 Å². The second kappa shape index (κ2) is 9.40. The highest BCUT2D eigenvalue weighted by atomic mass is 35.5. The van der Waals surface area contributed by atoms with Crippen LogP contribution in [0.1, 0.15) is 5.56 Å². The van der Waals surface area contributed by atoms with Crippen molar-refractivity contribution >= 4 is 40.1 Å². The highest BCUT2D eigenvalue weighted by Gasteiger charge is 2.21. The molecule has 2 heterocycles. The van der Waals surface area contributed by atoms with E-state index in [1.165, 1.54) is 9.58 Å². The SMILES string of the molecule is O=C(CN(Cc1ccc(Cl)cc1)C(=O)Cn1nnc2ccccc21)Nc1ccc2c(c1)OCO2. The first-order valence-electron chi connectivity index (χ1n) is 10.5. The molecule has 0 spiro atoms. The second-order valence-corrected chi connectivity index (χ2v) is 8.16. The molecular formula is C24H20ClN5O4. The zero-order valence-electron chi connectivity index (χ0n) is 18.0. The maximum absolute atomic E-state index is 13.3. The summed E-state index contributed by atoms with van der Waals surface area (Å²) in [6, 6.07) is 19.7. The van der Waals surface area contributed by atoms with Crippen molar-refractivity contribution in [1.29, 1.82) is 0 Å². The predicted octanol–water partition coefficient (Wildman–Crippen LogP) is 3.48. The number of carbonyl (C=O) groups excluding carboxylic acids is 2. The molecule has 0 atom stereocenters. The summed E-state index contributed by atoms with van der Waals surface area (Å²) in [6.07, 6.45) is 0. The smallest absolute Gasteiger partial charge is 0.245 e. The molecule has 1 aromatic heterocycles. The average molecular weight is 478 g/mol. The molecule has 34 heavy (non-hydrogen) atoms. The van der Waals surface area contributed by atoms with Gasteiger partial charge in [0.2, 0.25) is 18.6 Å². The molecule has 0 aliphatic carbocycles. The third kappa shape index (κ3) is 4.79. The van der Waals surface area contributed by atoms with Gasteiger partial charge in [-0.15, -0.1) is 5.10 Å². The summed E-state index contributed by atoms with van der Waals surface area (Å²) in [7, 11) is 0. The first kappa shape index (κ1) is 21.7. The number of nitrogens with zero attached hydrogens (tertiary/aromatic N) is 4. The Morgan fingerprint density at radius 2 is 1.82 bits per heavy atom. The molecule has 3 aromatic carbocycles. The largest absolute Gasteiger partial charge is 0.454 e. The number of para-hydroxylation sites is 1. The minimum atomic E-state index is -0.343. The van der Waals surface area contributed by atoms with Gasteiger partial charge in [0.25, 0.3) is 0 Å². The van der Waals surface area contributed by atoms with Crippen molar-refractivity contribution in [1.82, 2.24) is 19.9 Å². The van der Waals surface area contributed by atoms with Crippen LogP contribution in [-0.4, -0.2) is 45.0 Å². The van der Waals surface area contributed by atoms with Gasteiger partial charge in [-0.25, -0.2) is 4.68 Å². The van der Waals surface area contributed by atoms with E-state index >= 15 is 0 Å². The highest BCUT2D eigenvalue weighted by Crippen LogP contribution is 2.34. The van der Waals surface area contributed by atoms with Gasteiger partial charge < -0.3 is 19.7 Å². The Kier molecular flexibility index (Phi) is 6.01. The predicted molar refractivity (Wildman–Crippen MR) is 126 cm³/mol. The number of hydrogen-bond donors (Lipinski definition) is 1. The summed E-state index contributed by atoms with van der Waals surface area (Å²) in [5.41, 5.74) is 2.83. The van der Waals surface area contributed by atoms with Crippen molar-refractivity contribution in [2.45, 2.75) is 13.1 Å². The zero-order chi connectivity index (χ0) is 23.5. The number of amides is 2. The Morgan fingerprint density at radius 1 is 1.03 bits per heavy atom. The number of carbonyl (C=O) groups is 2. The van der Waals surface area contributed by atoms with E-state index in [4.69, 9.17) is 21.1 Å². The van der Waals surface area contributed by atoms with Crippen molar-refractivity contribution in [2.24, 2.45) is 0 Å². The van der Waals surface area contributed by atoms with Gasteiger partial charge in [-0.05, 0) is 42.0 Å². The first-order chi connectivity index (χ1) is 16.5. The summed E-state index contributed by atoms with van der Waals surface area (Å²) < 4.78 is 12.2. The van der Waals surface area contributed by atoms with Gasteiger partial charge in [-0.2, -0.15) is 0 Å². The van der Waals surface area contributed by atoms with Crippen LogP contribution < -0.4 is 14.8 Å². The first-order valence-corrected chi connectivity index (χ1v) is 10.9. The lowest BCUT2D eigenvalue weighted by atomic mass is 10.2. The minimum Gasteiger partial charge on any atom is -0.454 e. The molecule has 0 unspecified atom stereocenters. The van der Waals surface area contributed by atoms with E-state index < -0.39 is 0 Å². The Labute approximate surface area is 199 Å². The zero-order valence-corrected chi connectivity index (χ0v) is 18.7. The molecule has 9 nitrogen and oxygen atoms in total. The van der Waals surface area contributed by atoms with E-state index in [1.807, 2.05) is 36.4 Å². The van der Waals surface area contributed by atoms with E-state index in [2.05, 4.69) is 15.6 Å². The van der Waals surface area contributed by atoms with Crippen molar-refractivity contribution in [2.75, 3.05) is 18.7 Å². The van der Waals surface area contributed by atoms with E-state index in [-0.39, 0.29) is 38.2 Å². The molecule has 10 heteroatoms. The second-order valence-electron chi connectivity index (χ2n) is 7.73. The number of ether oxygens (including phenoxy) is 2. The number of fused-ring (bicyclic) bond motifs is 2. The fourth-order valence-corrected chi connectivity index (χ4v) is 3.78. The Balaban J connectivity index is 1.33. The number of anilines is 1. The quantitative estimate of drug-likeness (QED) is 0.437.